The highest BCUT2D eigenvalue weighted by molar-refractivity contribution is 5.93. The van der Waals surface area contributed by atoms with Crippen molar-refractivity contribution in [1.29, 1.82) is 0 Å². The van der Waals surface area contributed by atoms with Crippen LogP contribution in [0.3, 0.4) is 0 Å². The molecule has 10 nitrogen and oxygen atoms in total. The summed E-state index contributed by atoms with van der Waals surface area (Å²) < 4.78 is 47.2. The summed E-state index contributed by atoms with van der Waals surface area (Å²) in [5.41, 5.74) is 2.73. The number of hydrogen-bond acceptors (Lipinski definition) is 8. The summed E-state index contributed by atoms with van der Waals surface area (Å²) in [6, 6.07) is 13.9. The summed E-state index contributed by atoms with van der Waals surface area (Å²) in [6.45, 7) is -1.61. The number of hydrogen-bond donors (Lipinski definition) is 2. The molecule has 0 aliphatic carbocycles. The van der Waals surface area contributed by atoms with Gasteiger partial charge in [0.15, 0.2) is 12.8 Å². The van der Waals surface area contributed by atoms with Crippen LogP contribution in [0.4, 0.5) is 13.6 Å². The summed E-state index contributed by atoms with van der Waals surface area (Å²) in [5, 5.41) is 16.9. The van der Waals surface area contributed by atoms with Gasteiger partial charge in [0.1, 0.15) is 23.7 Å². The average Bonchev–Trinajstić information content (AvgIpc) is 3.38. The van der Waals surface area contributed by atoms with Crippen molar-refractivity contribution < 1.29 is 32.9 Å². The van der Waals surface area contributed by atoms with E-state index in [-0.39, 0.29) is 25.2 Å². The van der Waals surface area contributed by atoms with Crippen LogP contribution in [0, 0.1) is 0 Å². The molecule has 12 heteroatoms. The summed E-state index contributed by atoms with van der Waals surface area (Å²) in [6.07, 6.45) is 4.50. The van der Waals surface area contributed by atoms with Crippen molar-refractivity contribution in [2.24, 2.45) is 0 Å². The number of carbonyl (C=O) groups excluding carboxylic acids is 1. The van der Waals surface area contributed by atoms with E-state index in [1.165, 1.54) is 12.4 Å². The largest absolute Gasteiger partial charge is 0.487 e. The lowest BCUT2D eigenvalue weighted by Crippen LogP contribution is -2.40. The van der Waals surface area contributed by atoms with Crippen LogP contribution in [0.2, 0.25) is 0 Å². The molecule has 1 aliphatic rings. The van der Waals surface area contributed by atoms with E-state index in [1.807, 2.05) is 6.07 Å². The van der Waals surface area contributed by atoms with Gasteiger partial charge in [0.25, 0.3) is 5.92 Å². The van der Waals surface area contributed by atoms with Crippen LogP contribution in [-0.2, 0) is 22.7 Å². The molecule has 1 fully saturated rings. The van der Waals surface area contributed by atoms with E-state index >= 15 is 0 Å². The Balaban J connectivity index is 1.29. The zero-order valence-electron chi connectivity index (χ0n) is 21.6. The first-order valence-corrected chi connectivity index (χ1v) is 12.9. The van der Waals surface area contributed by atoms with Crippen molar-refractivity contribution >= 4 is 17.0 Å². The Kier molecular flexibility index (Phi) is 8.46. The predicted molar refractivity (Wildman–Crippen MR) is 141 cm³/mol. The van der Waals surface area contributed by atoms with Crippen molar-refractivity contribution in [2.75, 3.05) is 19.8 Å². The molecule has 40 heavy (non-hydrogen) atoms. The molecule has 1 aliphatic heterocycles. The third-order valence-corrected chi connectivity index (χ3v) is 6.35. The van der Waals surface area contributed by atoms with E-state index in [9.17, 15) is 18.7 Å². The van der Waals surface area contributed by atoms with Gasteiger partial charge in [0.2, 0.25) is 0 Å². The lowest BCUT2D eigenvalue weighted by molar-refractivity contribution is -0.0386. The highest BCUT2D eigenvalue weighted by Gasteiger charge is 2.31. The molecule has 1 atom stereocenters. The van der Waals surface area contributed by atoms with Gasteiger partial charge < -0.3 is 24.6 Å². The number of rotatable bonds is 10. The lowest BCUT2D eigenvalue weighted by Gasteiger charge is -2.23. The zero-order chi connectivity index (χ0) is 28.0. The standard InChI is InChI=1S/C28H29F2N5O5/c29-28(30,17-32-27(37)39-16-19-6-2-1-3-7-19)18-40-21-9-10-24-22(12-21)26(23-14-31-13-20(15-36)33-23)34-35(24)25-8-4-5-11-38-25/h1-3,6-7,9-10,12-14,25,36H,4-5,8,11,15-18H2,(H,32,37). The van der Waals surface area contributed by atoms with Crippen molar-refractivity contribution in [3.05, 3.63) is 72.2 Å². The second kappa shape index (κ2) is 12.3. The molecular weight excluding hydrogens is 524 g/mol. The quantitative estimate of drug-likeness (QED) is 0.292. The van der Waals surface area contributed by atoms with Crippen LogP contribution in [0.15, 0.2) is 60.9 Å². The minimum atomic E-state index is -3.36. The molecule has 2 aromatic carbocycles. The molecule has 0 bridgehead atoms. The third kappa shape index (κ3) is 6.69. The minimum absolute atomic E-state index is 0.0255. The molecule has 4 aromatic rings. The Morgan fingerprint density at radius 1 is 1.18 bits per heavy atom. The predicted octanol–water partition coefficient (Wildman–Crippen LogP) is 4.63. The number of ether oxygens (including phenoxy) is 3. The topological polar surface area (TPSA) is 121 Å². The number of nitrogens with one attached hydrogen (secondary N) is 1. The van der Waals surface area contributed by atoms with Crippen molar-refractivity contribution in [3.8, 4) is 17.1 Å². The van der Waals surface area contributed by atoms with Gasteiger partial charge in [0.05, 0.1) is 36.8 Å². The van der Waals surface area contributed by atoms with E-state index in [4.69, 9.17) is 19.3 Å². The van der Waals surface area contributed by atoms with Gasteiger partial charge in [-0.2, -0.15) is 5.10 Å². The molecule has 0 radical (unpaired) electrons. The summed E-state index contributed by atoms with van der Waals surface area (Å²) in [7, 11) is 0. The van der Waals surface area contributed by atoms with Crippen LogP contribution in [-0.4, -0.2) is 56.6 Å². The van der Waals surface area contributed by atoms with E-state index in [0.29, 0.717) is 29.1 Å². The third-order valence-electron chi connectivity index (χ3n) is 6.35. The van der Waals surface area contributed by atoms with Crippen LogP contribution in [0.5, 0.6) is 5.75 Å². The smallest absolute Gasteiger partial charge is 0.407 e. The highest BCUT2D eigenvalue weighted by Crippen LogP contribution is 2.34. The Labute approximate surface area is 228 Å². The Morgan fingerprint density at radius 2 is 2.02 bits per heavy atom. The zero-order valence-corrected chi connectivity index (χ0v) is 21.6. The Hall–Kier alpha value is -4.16. The molecule has 1 saturated heterocycles. The minimum Gasteiger partial charge on any atom is -0.487 e. The summed E-state index contributed by atoms with van der Waals surface area (Å²) in [4.78, 5) is 20.4. The fourth-order valence-electron chi connectivity index (χ4n) is 4.35. The molecule has 1 amide bonds. The molecule has 2 aromatic heterocycles. The second-order valence-corrected chi connectivity index (χ2v) is 9.41. The van der Waals surface area contributed by atoms with Crippen molar-refractivity contribution in [1.82, 2.24) is 25.1 Å². The maximum Gasteiger partial charge on any atom is 0.407 e. The van der Waals surface area contributed by atoms with E-state index in [0.717, 1.165) is 30.3 Å². The second-order valence-electron chi connectivity index (χ2n) is 9.41. The first kappa shape index (κ1) is 27.4. The number of carbonyl (C=O) groups is 1. The Bertz CT molecular complexity index is 1440. The van der Waals surface area contributed by atoms with Crippen LogP contribution in [0.25, 0.3) is 22.3 Å². The number of benzene rings is 2. The number of alkyl carbamates (subject to hydrolysis) is 1. The van der Waals surface area contributed by atoms with Crippen molar-refractivity contribution in [2.45, 2.75) is 44.6 Å². The lowest BCUT2D eigenvalue weighted by atomic mass is 10.1. The van der Waals surface area contributed by atoms with Gasteiger partial charge in [-0.05, 0) is 43.0 Å². The van der Waals surface area contributed by atoms with Crippen molar-refractivity contribution in [3.63, 3.8) is 0 Å². The van der Waals surface area contributed by atoms with E-state index < -0.39 is 25.2 Å². The first-order chi connectivity index (χ1) is 19.4. The highest BCUT2D eigenvalue weighted by atomic mass is 19.3. The monoisotopic (exact) mass is 553 g/mol. The number of aliphatic hydroxyl groups is 1. The molecule has 2 N–H and O–H groups in total. The van der Waals surface area contributed by atoms with Gasteiger partial charge in [0, 0.05) is 12.0 Å². The van der Waals surface area contributed by atoms with Gasteiger partial charge in [-0.3, -0.25) is 4.98 Å². The number of amides is 1. The van der Waals surface area contributed by atoms with Crippen LogP contribution < -0.4 is 10.1 Å². The van der Waals surface area contributed by atoms with Gasteiger partial charge in [-0.1, -0.05) is 30.3 Å². The summed E-state index contributed by atoms with van der Waals surface area (Å²) >= 11 is 0. The molecule has 3 heterocycles. The Morgan fingerprint density at radius 3 is 2.80 bits per heavy atom. The fraction of sp³-hybridized carbons (Fsp3) is 0.357. The SMILES string of the molecule is O=C(NCC(F)(F)COc1ccc2c(c1)c(-c1cncc(CO)n1)nn2C1CCCCO1)OCc1ccccc1. The average molecular weight is 554 g/mol. The maximum absolute atomic E-state index is 14.6. The number of fused-ring (bicyclic) bond motifs is 1. The van der Waals surface area contributed by atoms with E-state index in [2.05, 4.69) is 15.3 Å². The maximum atomic E-state index is 14.6. The molecule has 0 spiro atoms. The van der Waals surface area contributed by atoms with Crippen LogP contribution >= 0.6 is 0 Å². The molecule has 1 unspecified atom stereocenters. The normalized spacial score (nSPS) is 15.6. The summed E-state index contributed by atoms with van der Waals surface area (Å²) in [5.74, 6) is -3.17. The molecule has 210 valence electrons. The number of halogens is 2. The molecule has 0 saturated carbocycles. The van der Waals surface area contributed by atoms with Gasteiger partial charge >= 0.3 is 6.09 Å². The number of aromatic nitrogens is 4. The van der Waals surface area contributed by atoms with Crippen LogP contribution in [0.1, 0.15) is 36.7 Å². The van der Waals surface area contributed by atoms with Gasteiger partial charge in [-0.25, -0.2) is 23.2 Å². The molecule has 5 rings (SSSR count). The van der Waals surface area contributed by atoms with Gasteiger partial charge in [-0.15, -0.1) is 0 Å². The fourth-order valence-corrected chi connectivity index (χ4v) is 4.35. The molecular formula is C28H29F2N5O5. The number of aliphatic hydroxyl groups excluding tert-OH is 1. The number of nitrogens with zero attached hydrogens (tertiary/aromatic N) is 4. The van der Waals surface area contributed by atoms with E-state index in [1.54, 1.807) is 47.1 Å². The number of alkyl halides is 2. The first-order valence-electron chi connectivity index (χ1n) is 12.9.